The SMILES string of the molecule is CCNC(c1c(C)cc(F)cc1C)C1CCS(=O)(=O)C1. The first-order valence-electron chi connectivity index (χ1n) is 7.04. The molecule has 0 aliphatic carbocycles. The average Bonchev–Trinajstić information content (AvgIpc) is 2.67. The standard InChI is InChI=1S/C15H22FNO2S/c1-4-17-15(12-5-6-20(18,19)9-12)14-10(2)7-13(16)8-11(14)3/h7-8,12,15,17H,4-6,9H2,1-3H3. The van der Waals surface area contributed by atoms with Gasteiger partial charge in [-0.1, -0.05) is 6.92 Å². The van der Waals surface area contributed by atoms with E-state index < -0.39 is 9.84 Å². The summed E-state index contributed by atoms with van der Waals surface area (Å²) < 4.78 is 36.9. The summed E-state index contributed by atoms with van der Waals surface area (Å²) in [6, 6.07) is 3.03. The van der Waals surface area contributed by atoms with Gasteiger partial charge in [-0.25, -0.2) is 12.8 Å². The fourth-order valence-electron chi connectivity index (χ4n) is 3.22. The van der Waals surface area contributed by atoms with Gasteiger partial charge in [0.1, 0.15) is 5.82 Å². The van der Waals surface area contributed by atoms with Gasteiger partial charge in [-0.2, -0.15) is 0 Å². The predicted octanol–water partition coefficient (Wildman–Crippen LogP) is 2.53. The van der Waals surface area contributed by atoms with Crippen molar-refractivity contribution in [1.82, 2.24) is 5.32 Å². The van der Waals surface area contributed by atoms with Crippen LogP contribution < -0.4 is 5.32 Å². The number of hydrogen-bond acceptors (Lipinski definition) is 3. The quantitative estimate of drug-likeness (QED) is 0.929. The van der Waals surface area contributed by atoms with Crippen LogP contribution in [0.15, 0.2) is 12.1 Å². The van der Waals surface area contributed by atoms with Gasteiger partial charge in [-0.15, -0.1) is 0 Å². The van der Waals surface area contributed by atoms with E-state index in [0.29, 0.717) is 6.42 Å². The minimum atomic E-state index is -2.91. The minimum Gasteiger partial charge on any atom is -0.310 e. The van der Waals surface area contributed by atoms with Crippen molar-refractivity contribution in [2.75, 3.05) is 18.1 Å². The highest BCUT2D eigenvalue weighted by atomic mass is 32.2. The van der Waals surface area contributed by atoms with E-state index in [1.165, 1.54) is 12.1 Å². The van der Waals surface area contributed by atoms with Crippen LogP contribution in [-0.2, 0) is 9.84 Å². The molecule has 2 unspecified atom stereocenters. The molecule has 0 amide bonds. The number of rotatable bonds is 4. The topological polar surface area (TPSA) is 46.2 Å². The molecule has 1 N–H and O–H groups in total. The number of benzene rings is 1. The molecule has 1 aliphatic heterocycles. The van der Waals surface area contributed by atoms with E-state index >= 15 is 0 Å². The summed E-state index contributed by atoms with van der Waals surface area (Å²) in [5.74, 6) is 0.320. The van der Waals surface area contributed by atoms with Gasteiger partial charge in [-0.05, 0) is 61.6 Å². The number of nitrogens with one attached hydrogen (secondary N) is 1. The third-order valence-electron chi connectivity index (χ3n) is 4.03. The van der Waals surface area contributed by atoms with Gasteiger partial charge >= 0.3 is 0 Å². The van der Waals surface area contributed by atoms with Crippen molar-refractivity contribution in [3.63, 3.8) is 0 Å². The second-order valence-electron chi connectivity index (χ2n) is 5.65. The second kappa shape index (κ2) is 5.82. The molecule has 1 saturated heterocycles. The minimum absolute atomic E-state index is 0.0159. The van der Waals surface area contributed by atoms with E-state index in [1.54, 1.807) is 0 Å². The summed E-state index contributed by atoms with van der Waals surface area (Å²) >= 11 is 0. The van der Waals surface area contributed by atoms with E-state index in [2.05, 4.69) is 5.32 Å². The smallest absolute Gasteiger partial charge is 0.150 e. The molecule has 0 aromatic heterocycles. The lowest BCUT2D eigenvalue weighted by Gasteiger charge is -2.27. The highest BCUT2D eigenvalue weighted by Crippen LogP contribution is 2.34. The van der Waals surface area contributed by atoms with E-state index in [9.17, 15) is 12.8 Å². The van der Waals surface area contributed by atoms with Crippen LogP contribution in [-0.4, -0.2) is 26.5 Å². The lowest BCUT2D eigenvalue weighted by molar-refractivity contribution is 0.397. The maximum Gasteiger partial charge on any atom is 0.150 e. The fraction of sp³-hybridized carbons (Fsp3) is 0.600. The first-order chi connectivity index (χ1) is 9.34. The van der Waals surface area contributed by atoms with E-state index in [0.717, 1.165) is 23.2 Å². The summed E-state index contributed by atoms with van der Waals surface area (Å²) in [6.07, 6.45) is 0.677. The van der Waals surface area contributed by atoms with Crippen molar-refractivity contribution < 1.29 is 12.8 Å². The van der Waals surface area contributed by atoms with Gasteiger partial charge in [0.2, 0.25) is 0 Å². The van der Waals surface area contributed by atoms with Crippen LogP contribution in [0, 0.1) is 25.6 Å². The highest BCUT2D eigenvalue weighted by Gasteiger charge is 2.35. The summed E-state index contributed by atoms with van der Waals surface area (Å²) in [4.78, 5) is 0. The molecule has 1 fully saturated rings. The molecule has 0 bridgehead atoms. The zero-order valence-electron chi connectivity index (χ0n) is 12.2. The Hall–Kier alpha value is -0.940. The molecule has 1 aromatic carbocycles. The first-order valence-corrected chi connectivity index (χ1v) is 8.86. The molecule has 1 heterocycles. The van der Waals surface area contributed by atoms with E-state index in [4.69, 9.17) is 0 Å². The Morgan fingerprint density at radius 2 is 1.95 bits per heavy atom. The van der Waals surface area contributed by atoms with Gasteiger partial charge in [0.05, 0.1) is 11.5 Å². The molecule has 2 rings (SSSR count). The molecule has 5 heteroatoms. The van der Waals surface area contributed by atoms with Crippen LogP contribution in [0.4, 0.5) is 4.39 Å². The Morgan fingerprint density at radius 3 is 2.40 bits per heavy atom. The molecule has 112 valence electrons. The Labute approximate surface area is 120 Å². The normalized spacial score (nSPS) is 22.9. The summed E-state index contributed by atoms with van der Waals surface area (Å²) in [7, 11) is -2.91. The Bertz CT molecular complexity index is 575. The van der Waals surface area contributed by atoms with E-state index in [-0.39, 0.29) is 29.3 Å². The fourth-order valence-corrected chi connectivity index (χ4v) is 5.06. The summed E-state index contributed by atoms with van der Waals surface area (Å²) in [5, 5.41) is 3.39. The van der Waals surface area contributed by atoms with Gasteiger partial charge in [0, 0.05) is 6.04 Å². The van der Waals surface area contributed by atoms with Gasteiger partial charge in [0.15, 0.2) is 9.84 Å². The number of aryl methyl sites for hydroxylation is 2. The maximum absolute atomic E-state index is 13.4. The molecule has 2 atom stereocenters. The third-order valence-corrected chi connectivity index (χ3v) is 5.83. The van der Waals surface area contributed by atoms with Crippen LogP contribution in [0.1, 0.15) is 36.1 Å². The van der Waals surface area contributed by atoms with Crippen molar-refractivity contribution in [3.8, 4) is 0 Å². The van der Waals surface area contributed by atoms with Crippen molar-refractivity contribution in [1.29, 1.82) is 0 Å². The molecule has 20 heavy (non-hydrogen) atoms. The molecule has 0 radical (unpaired) electrons. The first kappa shape index (κ1) is 15.4. The maximum atomic E-state index is 13.4. The molecular formula is C15H22FNO2S. The molecule has 1 aliphatic rings. The number of hydrogen-bond donors (Lipinski definition) is 1. The Kier molecular flexibility index (Phi) is 4.49. The second-order valence-corrected chi connectivity index (χ2v) is 7.88. The molecule has 0 spiro atoms. The van der Waals surface area contributed by atoms with Gasteiger partial charge in [0.25, 0.3) is 0 Å². The lowest BCUT2D eigenvalue weighted by atomic mass is 9.87. The monoisotopic (exact) mass is 299 g/mol. The molecule has 3 nitrogen and oxygen atoms in total. The van der Waals surface area contributed by atoms with Crippen molar-refractivity contribution in [2.45, 2.75) is 33.2 Å². The highest BCUT2D eigenvalue weighted by molar-refractivity contribution is 7.91. The van der Waals surface area contributed by atoms with Crippen LogP contribution in [0.25, 0.3) is 0 Å². The number of halogens is 1. The van der Waals surface area contributed by atoms with Gasteiger partial charge in [-0.3, -0.25) is 0 Å². The van der Waals surface area contributed by atoms with E-state index in [1.807, 2.05) is 20.8 Å². The van der Waals surface area contributed by atoms with Crippen molar-refractivity contribution >= 4 is 9.84 Å². The Balaban J connectivity index is 2.39. The predicted molar refractivity (Wildman–Crippen MR) is 79.1 cm³/mol. The van der Waals surface area contributed by atoms with Crippen LogP contribution in [0.5, 0.6) is 0 Å². The molecule has 1 aromatic rings. The largest absolute Gasteiger partial charge is 0.310 e. The van der Waals surface area contributed by atoms with Crippen molar-refractivity contribution in [2.24, 2.45) is 5.92 Å². The van der Waals surface area contributed by atoms with Crippen molar-refractivity contribution in [3.05, 3.63) is 34.6 Å². The summed E-state index contributed by atoms with van der Waals surface area (Å²) in [5.41, 5.74) is 2.82. The van der Waals surface area contributed by atoms with Crippen LogP contribution in [0.3, 0.4) is 0 Å². The van der Waals surface area contributed by atoms with Crippen LogP contribution >= 0.6 is 0 Å². The zero-order valence-corrected chi connectivity index (χ0v) is 13.1. The molecule has 0 saturated carbocycles. The number of sulfone groups is 1. The Morgan fingerprint density at radius 1 is 1.35 bits per heavy atom. The average molecular weight is 299 g/mol. The van der Waals surface area contributed by atoms with Crippen LogP contribution in [0.2, 0.25) is 0 Å². The van der Waals surface area contributed by atoms with Gasteiger partial charge < -0.3 is 5.32 Å². The summed E-state index contributed by atoms with van der Waals surface area (Å²) in [6.45, 7) is 6.54. The third kappa shape index (κ3) is 3.20. The lowest BCUT2D eigenvalue weighted by Crippen LogP contribution is -2.30. The molecular weight excluding hydrogens is 277 g/mol. The zero-order chi connectivity index (χ0) is 14.9.